The molecule has 2 rings (SSSR count). The lowest BCUT2D eigenvalue weighted by atomic mass is 9.93. The van der Waals surface area contributed by atoms with Gasteiger partial charge in [0.2, 0.25) is 0 Å². The number of likely N-dealkylation sites (N-methyl/N-ethyl adjacent to an activating group) is 1. The zero-order valence-corrected chi connectivity index (χ0v) is 21.1. The number of thiocarbonyl (C=S) groups is 1. The van der Waals surface area contributed by atoms with Crippen molar-refractivity contribution in [3.8, 4) is 22.8 Å². The van der Waals surface area contributed by atoms with E-state index in [-0.39, 0.29) is 17.7 Å². The molecule has 1 heterocycles. The zero-order valence-electron chi connectivity index (χ0n) is 19.5. The number of rotatable bonds is 12. The fourth-order valence-electron chi connectivity index (χ4n) is 3.67. The third-order valence-electron chi connectivity index (χ3n) is 5.63. The summed E-state index contributed by atoms with van der Waals surface area (Å²) < 4.78 is 12.6. The van der Waals surface area contributed by atoms with E-state index in [0.717, 1.165) is 19.3 Å². The van der Waals surface area contributed by atoms with Crippen LogP contribution >= 0.6 is 24.0 Å². The van der Waals surface area contributed by atoms with Crippen LogP contribution in [0.25, 0.3) is 17.4 Å². The van der Waals surface area contributed by atoms with E-state index in [1.807, 2.05) is 7.05 Å². The van der Waals surface area contributed by atoms with Gasteiger partial charge in [-0.15, -0.1) is 0 Å². The molecule has 2 aromatic rings. The lowest BCUT2D eigenvalue weighted by Gasteiger charge is -2.28. The van der Waals surface area contributed by atoms with Gasteiger partial charge in [0.25, 0.3) is 5.91 Å². The predicted octanol–water partition coefficient (Wildman–Crippen LogP) is 6.76. The fraction of sp³-hybridized carbons (Fsp3) is 0.440. The number of ether oxygens (including phenoxy) is 1. The molecule has 0 saturated carbocycles. The summed E-state index contributed by atoms with van der Waals surface area (Å²) in [6.45, 7) is 6.50. The first-order valence-corrected chi connectivity index (χ1v) is 12.2. The van der Waals surface area contributed by atoms with Crippen molar-refractivity contribution in [2.45, 2.75) is 52.5 Å². The highest BCUT2D eigenvalue weighted by Crippen LogP contribution is 2.32. The monoisotopic (exact) mass is 475 g/mol. The number of carbonyl (C=O) groups excluding carboxylic acids is 1. The Morgan fingerprint density at radius 3 is 2.69 bits per heavy atom. The Bertz CT molecular complexity index is 938. The van der Waals surface area contributed by atoms with Crippen LogP contribution in [0.2, 0.25) is 0 Å². The normalized spacial score (nSPS) is 13.5. The summed E-state index contributed by atoms with van der Waals surface area (Å²) in [6.07, 6.45) is 6.14. The SMILES string of the molecule is CCCC(CC)CC(C)N(C)C(=O)/C(=C/c1ccc(-c2cc(O)cc(OC)c2)o1)SC=S. The van der Waals surface area contributed by atoms with E-state index in [2.05, 4.69) is 20.8 Å². The average Bonchev–Trinajstić information content (AvgIpc) is 3.25. The third kappa shape index (κ3) is 7.14. The minimum absolute atomic E-state index is 0.0769. The molecular formula is C25H33NO4S2. The molecule has 2 unspecified atom stereocenters. The second-order valence-electron chi connectivity index (χ2n) is 7.91. The van der Waals surface area contributed by atoms with Crippen molar-refractivity contribution in [1.29, 1.82) is 0 Å². The molecule has 1 aromatic heterocycles. The molecule has 32 heavy (non-hydrogen) atoms. The molecule has 0 bridgehead atoms. The number of amides is 1. The fourth-order valence-corrected chi connectivity index (χ4v) is 4.51. The zero-order chi connectivity index (χ0) is 23.7. The number of carbonyl (C=O) groups is 1. The lowest BCUT2D eigenvalue weighted by Crippen LogP contribution is -2.36. The molecule has 0 spiro atoms. The van der Waals surface area contributed by atoms with Crippen molar-refractivity contribution in [2.24, 2.45) is 5.92 Å². The summed E-state index contributed by atoms with van der Waals surface area (Å²) in [5, 5.41) is 9.91. The molecule has 0 radical (unpaired) electrons. The van der Waals surface area contributed by atoms with Gasteiger partial charge in [0, 0.05) is 35.5 Å². The Labute approximate surface area is 200 Å². The maximum absolute atomic E-state index is 13.2. The average molecular weight is 476 g/mol. The summed E-state index contributed by atoms with van der Waals surface area (Å²) in [7, 11) is 3.38. The van der Waals surface area contributed by atoms with Crippen LogP contribution in [0.4, 0.5) is 0 Å². The van der Waals surface area contributed by atoms with Crippen molar-refractivity contribution >= 4 is 40.7 Å². The van der Waals surface area contributed by atoms with Gasteiger partial charge in [0.05, 0.1) is 12.0 Å². The second kappa shape index (κ2) is 12.7. The van der Waals surface area contributed by atoms with Crippen molar-refractivity contribution < 1.29 is 19.1 Å². The Morgan fingerprint density at radius 2 is 2.06 bits per heavy atom. The molecular weight excluding hydrogens is 442 g/mol. The van der Waals surface area contributed by atoms with Crippen LogP contribution in [-0.4, -0.2) is 40.8 Å². The number of phenolic OH excluding ortho intramolecular Hbond substituents is 1. The van der Waals surface area contributed by atoms with Gasteiger partial charge in [-0.25, -0.2) is 0 Å². The maximum Gasteiger partial charge on any atom is 0.260 e. The van der Waals surface area contributed by atoms with Gasteiger partial charge in [-0.2, -0.15) is 0 Å². The number of hydrogen-bond acceptors (Lipinski definition) is 6. The molecule has 1 amide bonds. The van der Waals surface area contributed by atoms with E-state index < -0.39 is 0 Å². The van der Waals surface area contributed by atoms with Crippen LogP contribution in [0, 0.1) is 5.92 Å². The Balaban J connectivity index is 2.23. The van der Waals surface area contributed by atoms with E-state index in [1.54, 1.807) is 35.2 Å². The number of furan rings is 1. The lowest BCUT2D eigenvalue weighted by molar-refractivity contribution is -0.127. The van der Waals surface area contributed by atoms with Gasteiger partial charge >= 0.3 is 0 Å². The van der Waals surface area contributed by atoms with E-state index >= 15 is 0 Å². The maximum atomic E-state index is 13.2. The summed E-state index contributed by atoms with van der Waals surface area (Å²) >= 11 is 6.23. The van der Waals surface area contributed by atoms with E-state index in [0.29, 0.717) is 33.7 Å². The van der Waals surface area contributed by atoms with Gasteiger partial charge in [-0.05, 0) is 43.5 Å². The van der Waals surface area contributed by atoms with Crippen LogP contribution < -0.4 is 4.74 Å². The van der Waals surface area contributed by atoms with Gasteiger partial charge in [0.1, 0.15) is 23.0 Å². The van der Waals surface area contributed by atoms with Crippen molar-refractivity contribution in [2.75, 3.05) is 14.2 Å². The largest absolute Gasteiger partial charge is 0.508 e. The van der Waals surface area contributed by atoms with Gasteiger partial charge in [-0.1, -0.05) is 57.1 Å². The molecule has 0 aliphatic heterocycles. The molecule has 2 atom stereocenters. The number of nitrogens with zero attached hydrogens (tertiary/aromatic N) is 1. The predicted molar refractivity (Wildman–Crippen MR) is 137 cm³/mol. The van der Waals surface area contributed by atoms with Crippen molar-refractivity contribution in [3.05, 3.63) is 41.0 Å². The standard InChI is InChI=1S/C25H33NO4S2/c1-6-8-18(7-2)11-17(3)26(4)25(28)24(32-16-31)15-21-9-10-23(30-21)19-12-20(27)14-22(13-19)29-5/h9-10,12-18,27H,6-8,11H2,1-5H3/b24-15-. The topological polar surface area (TPSA) is 62.9 Å². The number of benzene rings is 1. The minimum atomic E-state index is -0.0769. The molecule has 0 aliphatic rings. The number of aromatic hydroxyl groups is 1. The molecule has 1 N–H and O–H groups in total. The van der Waals surface area contributed by atoms with Crippen LogP contribution in [0.5, 0.6) is 11.5 Å². The number of methoxy groups -OCH3 is 1. The van der Waals surface area contributed by atoms with Crippen LogP contribution in [0.15, 0.2) is 39.7 Å². The van der Waals surface area contributed by atoms with Gasteiger partial charge in [0.15, 0.2) is 0 Å². The van der Waals surface area contributed by atoms with E-state index in [1.165, 1.54) is 36.1 Å². The Kier molecular flexibility index (Phi) is 10.3. The van der Waals surface area contributed by atoms with Gasteiger partial charge in [-0.3, -0.25) is 4.79 Å². The Morgan fingerprint density at radius 1 is 1.31 bits per heavy atom. The molecule has 0 fully saturated rings. The first-order chi connectivity index (χ1) is 15.3. The van der Waals surface area contributed by atoms with Crippen LogP contribution in [0.1, 0.15) is 52.2 Å². The summed E-state index contributed by atoms with van der Waals surface area (Å²) in [5.74, 6) is 2.26. The van der Waals surface area contributed by atoms with Crippen molar-refractivity contribution in [1.82, 2.24) is 4.90 Å². The molecule has 0 saturated heterocycles. The first kappa shape index (κ1) is 26.0. The molecule has 174 valence electrons. The Hall–Kier alpha value is -2.25. The van der Waals surface area contributed by atoms with E-state index in [4.69, 9.17) is 21.4 Å². The van der Waals surface area contributed by atoms with Gasteiger partial charge < -0.3 is 19.2 Å². The minimum Gasteiger partial charge on any atom is -0.508 e. The smallest absolute Gasteiger partial charge is 0.260 e. The van der Waals surface area contributed by atoms with Crippen molar-refractivity contribution in [3.63, 3.8) is 0 Å². The summed E-state index contributed by atoms with van der Waals surface area (Å²) in [4.78, 5) is 15.5. The highest BCUT2D eigenvalue weighted by atomic mass is 32.2. The number of thioether (sulfide) groups is 1. The highest BCUT2D eigenvalue weighted by molar-refractivity contribution is 8.24. The molecule has 5 nitrogen and oxygen atoms in total. The highest BCUT2D eigenvalue weighted by Gasteiger charge is 2.22. The van der Waals surface area contributed by atoms with Crippen LogP contribution in [-0.2, 0) is 4.79 Å². The second-order valence-corrected chi connectivity index (χ2v) is 9.35. The van der Waals surface area contributed by atoms with Crippen LogP contribution in [0.3, 0.4) is 0 Å². The molecule has 7 heteroatoms. The number of hydrogen-bond donors (Lipinski definition) is 1. The third-order valence-corrected chi connectivity index (χ3v) is 6.56. The summed E-state index contributed by atoms with van der Waals surface area (Å²) in [6, 6.07) is 8.62. The van der Waals surface area contributed by atoms with E-state index in [9.17, 15) is 9.90 Å². The number of phenols is 1. The quantitative estimate of drug-likeness (QED) is 0.270. The summed E-state index contributed by atoms with van der Waals surface area (Å²) in [5.41, 5.74) is 0.684. The molecule has 0 aliphatic carbocycles. The molecule has 1 aromatic carbocycles. The first-order valence-electron chi connectivity index (χ1n) is 10.9.